The number of nitrogens with one attached hydrogen (secondary N) is 1. The molecule has 1 saturated heterocycles. The zero-order valence-corrected chi connectivity index (χ0v) is 14.7. The molecule has 3 atom stereocenters. The highest BCUT2D eigenvalue weighted by atomic mass is 32.2. The smallest absolute Gasteiger partial charge is 0.410 e. The minimum absolute atomic E-state index is 0.0803. The second-order valence-corrected chi connectivity index (χ2v) is 7.54. The zero-order chi connectivity index (χ0) is 17.7. The summed E-state index contributed by atoms with van der Waals surface area (Å²) in [7, 11) is -3.58. The van der Waals surface area contributed by atoms with E-state index in [2.05, 4.69) is 16.5 Å². The molecule has 0 spiro atoms. The first-order chi connectivity index (χ1) is 11.3. The first-order valence-electron chi connectivity index (χ1n) is 7.72. The Bertz CT molecular complexity index is 659. The van der Waals surface area contributed by atoms with Gasteiger partial charge < -0.3 is 14.6 Å². The number of carbonyl (C=O) groups is 1. The van der Waals surface area contributed by atoms with Gasteiger partial charge in [-0.2, -0.15) is 8.42 Å². The van der Waals surface area contributed by atoms with Crippen molar-refractivity contribution in [1.29, 1.82) is 0 Å². The first kappa shape index (κ1) is 18.5. The maximum atomic E-state index is 12.2. The third-order valence-electron chi connectivity index (χ3n) is 3.86. The van der Waals surface area contributed by atoms with E-state index >= 15 is 0 Å². The van der Waals surface area contributed by atoms with E-state index < -0.39 is 22.3 Å². The van der Waals surface area contributed by atoms with E-state index in [9.17, 15) is 13.2 Å². The normalized spacial score (nSPS) is 22.3. The molecule has 24 heavy (non-hydrogen) atoms. The number of H-pyrrole nitrogens is 1. The number of aromatic amines is 1. The van der Waals surface area contributed by atoms with E-state index in [1.165, 1.54) is 11.0 Å². The van der Waals surface area contributed by atoms with Gasteiger partial charge in [-0.25, -0.2) is 9.78 Å². The van der Waals surface area contributed by atoms with Crippen LogP contribution in [0.3, 0.4) is 0 Å². The van der Waals surface area contributed by atoms with E-state index in [1.807, 2.05) is 6.92 Å². The van der Waals surface area contributed by atoms with Crippen molar-refractivity contribution < 1.29 is 22.1 Å². The van der Waals surface area contributed by atoms with Gasteiger partial charge in [0.15, 0.2) is 0 Å². The Morgan fingerprint density at radius 2 is 2.38 bits per heavy atom. The van der Waals surface area contributed by atoms with Gasteiger partial charge in [-0.15, -0.1) is 0 Å². The fourth-order valence-electron chi connectivity index (χ4n) is 2.92. The van der Waals surface area contributed by atoms with Gasteiger partial charge in [-0.3, -0.25) is 4.18 Å². The Balaban J connectivity index is 2.07. The highest BCUT2D eigenvalue weighted by molar-refractivity contribution is 7.86. The number of rotatable bonds is 7. The van der Waals surface area contributed by atoms with Crippen LogP contribution in [0.5, 0.6) is 0 Å². The van der Waals surface area contributed by atoms with Gasteiger partial charge in [0.25, 0.3) is 10.1 Å². The molecule has 0 radical (unpaired) electrons. The molecule has 8 nitrogen and oxygen atoms in total. The molecule has 2 rings (SSSR count). The summed E-state index contributed by atoms with van der Waals surface area (Å²) in [5.41, 5.74) is 0. The first-order valence-corrected chi connectivity index (χ1v) is 9.53. The van der Waals surface area contributed by atoms with Crippen LogP contribution in [0.25, 0.3) is 0 Å². The molecule has 1 fully saturated rings. The van der Waals surface area contributed by atoms with Crippen LogP contribution < -0.4 is 0 Å². The van der Waals surface area contributed by atoms with Gasteiger partial charge in [-0.05, 0) is 12.8 Å². The fourth-order valence-corrected chi connectivity index (χ4v) is 3.55. The average Bonchev–Trinajstić information content (AvgIpc) is 3.13. The number of hydrogen-bond acceptors (Lipinski definition) is 6. The summed E-state index contributed by atoms with van der Waals surface area (Å²) in [6, 6.07) is -0.186. The third kappa shape index (κ3) is 5.07. The van der Waals surface area contributed by atoms with Crippen molar-refractivity contribution in [2.75, 3.05) is 19.4 Å². The molecule has 1 aliphatic heterocycles. The van der Waals surface area contributed by atoms with Gasteiger partial charge in [0, 0.05) is 24.4 Å². The Morgan fingerprint density at radius 1 is 1.62 bits per heavy atom. The number of nitrogens with zero attached hydrogens (tertiary/aromatic N) is 2. The van der Waals surface area contributed by atoms with Gasteiger partial charge in [0.2, 0.25) is 0 Å². The van der Waals surface area contributed by atoms with Crippen molar-refractivity contribution in [3.8, 4) is 0 Å². The lowest BCUT2D eigenvalue weighted by Crippen LogP contribution is -2.37. The maximum absolute atomic E-state index is 12.2. The van der Waals surface area contributed by atoms with Crippen LogP contribution in [0.2, 0.25) is 0 Å². The summed E-state index contributed by atoms with van der Waals surface area (Å²) >= 11 is 0. The summed E-state index contributed by atoms with van der Waals surface area (Å²) < 4.78 is 32.9. The quantitative estimate of drug-likeness (QED) is 0.588. The molecule has 1 N–H and O–H groups in total. The van der Waals surface area contributed by atoms with Crippen molar-refractivity contribution in [1.82, 2.24) is 14.9 Å². The van der Waals surface area contributed by atoms with Crippen LogP contribution in [0, 0.1) is 0 Å². The molecule has 9 heteroatoms. The van der Waals surface area contributed by atoms with Gasteiger partial charge in [0.1, 0.15) is 12.4 Å². The Labute approximate surface area is 142 Å². The fraction of sp³-hybridized carbons (Fsp3) is 0.600. The number of aromatic nitrogens is 2. The molecule has 2 heterocycles. The number of carbonyl (C=O) groups excluding carboxylic acids is 1. The highest BCUT2D eigenvalue weighted by Crippen LogP contribution is 2.29. The lowest BCUT2D eigenvalue weighted by Gasteiger charge is -2.25. The molecule has 0 bridgehead atoms. The molecule has 1 amide bonds. The molecule has 1 aromatic heterocycles. The lowest BCUT2D eigenvalue weighted by atomic mass is 9.99. The van der Waals surface area contributed by atoms with Crippen molar-refractivity contribution >= 4 is 16.2 Å². The van der Waals surface area contributed by atoms with Crippen LogP contribution in [0.15, 0.2) is 25.0 Å². The summed E-state index contributed by atoms with van der Waals surface area (Å²) in [6.45, 7) is 5.79. The molecule has 2 unspecified atom stereocenters. The van der Waals surface area contributed by atoms with Gasteiger partial charge in [0.05, 0.1) is 18.9 Å². The molecule has 0 aliphatic carbocycles. The van der Waals surface area contributed by atoms with Crippen molar-refractivity contribution in [3.05, 3.63) is 30.9 Å². The number of likely N-dealkylation sites (tertiary alicyclic amines) is 1. The summed E-state index contributed by atoms with van der Waals surface area (Å²) in [5.74, 6) is 0.901. The predicted octanol–water partition coefficient (Wildman–Crippen LogP) is 1.64. The molecule has 0 aromatic carbocycles. The van der Waals surface area contributed by atoms with Crippen LogP contribution in [0.1, 0.15) is 31.5 Å². The largest absolute Gasteiger partial charge is 0.445 e. The van der Waals surface area contributed by atoms with Gasteiger partial charge >= 0.3 is 6.09 Å². The maximum Gasteiger partial charge on any atom is 0.410 e. The number of amides is 1. The van der Waals surface area contributed by atoms with E-state index in [0.717, 1.165) is 12.1 Å². The minimum Gasteiger partial charge on any atom is -0.445 e. The number of ether oxygens (including phenoxy) is 1. The van der Waals surface area contributed by atoms with E-state index in [0.29, 0.717) is 12.8 Å². The molecular weight excluding hydrogens is 334 g/mol. The lowest BCUT2D eigenvalue weighted by molar-refractivity contribution is 0.102. The number of imidazole rings is 1. The van der Waals surface area contributed by atoms with Crippen LogP contribution >= 0.6 is 0 Å². The Morgan fingerprint density at radius 3 is 2.96 bits per heavy atom. The van der Waals surface area contributed by atoms with E-state index in [-0.39, 0.29) is 25.1 Å². The van der Waals surface area contributed by atoms with Crippen LogP contribution in [-0.4, -0.2) is 60.9 Å². The molecule has 1 aliphatic rings. The summed E-state index contributed by atoms with van der Waals surface area (Å²) in [4.78, 5) is 21.0. The van der Waals surface area contributed by atoms with Crippen LogP contribution in [-0.2, 0) is 19.0 Å². The second-order valence-electron chi connectivity index (χ2n) is 5.94. The number of hydrogen-bond donors (Lipinski definition) is 1. The molecule has 1 aromatic rings. The summed E-state index contributed by atoms with van der Waals surface area (Å²) in [6.07, 6.45) is 5.90. The summed E-state index contributed by atoms with van der Waals surface area (Å²) in [5, 5.41) is 0. The topological polar surface area (TPSA) is 102 Å². The van der Waals surface area contributed by atoms with Crippen molar-refractivity contribution in [3.63, 3.8) is 0 Å². The van der Waals surface area contributed by atoms with Crippen molar-refractivity contribution in [2.24, 2.45) is 0 Å². The predicted molar refractivity (Wildman–Crippen MR) is 88.0 cm³/mol. The Kier molecular flexibility index (Phi) is 6.00. The van der Waals surface area contributed by atoms with E-state index in [4.69, 9.17) is 8.92 Å². The second kappa shape index (κ2) is 7.80. The molecule has 0 saturated carbocycles. The standard InChI is InChI=1S/C15H23N3O5S/c1-4-7-22-15(19)18-10-13(23-24(3,20)21)9-12(18)8-11(2)14-16-5-6-17-14/h4-6,11-13H,1,7-10H2,2-3H3,(H,16,17)/t11-,12?,13?/m0/s1. The minimum atomic E-state index is -3.58. The molecule has 134 valence electrons. The average molecular weight is 357 g/mol. The Hall–Kier alpha value is -1.87. The monoisotopic (exact) mass is 357 g/mol. The van der Waals surface area contributed by atoms with Crippen LogP contribution in [0.4, 0.5) is 4.79 Å². The van der Waals surface area contributed by atoms with Gasteiger partial charge in [-0.1, -0.05) is 19.6 Å². The molecular formula is C15H23N3O5S. The SMILES string of the molecule is C=CCOC(=O)N1CC(OS(C)(=O)=O)CC1C[C@H](C)c1ncc[nH]1. The highest BCUT2D eigenvalue weighted by Gasteiger charge is 2.39. The van der Waals surface area contributed by atoms with Crippen molar-refractivity contribution in [2.45, 2.75) is 37.8 Å². The third-order valence-corrected chi connectivity index (χ3v) is 4.48. The van der Waals surface area contributed by atoms with E-state index in [1.54, 1.807) is 12.4 Å². The zero-order valence-electron chi connectivity index (χ0n) is 13.8.